The molecule has 0 atom stereocenters. The topological polar surface area (TPSA) is 31.9 Å². The third kappa shape index (κ3) is 9.66. The minimum Gasteiger partial charge on any atom is -0.370 e. The van der Waals surface area contributed by atoms with Crippen LogP contribution < -0.4 is 0 Å². The molecule has 40 heavy (non-hydrogen) atoms. The lowest BCUT2D eigenvalue weighted by Crippen LogP contribution is -2.17. The van der Waals surface area contributed by atoms with E-state index in [0.29, 0.717) is 11.6 Å². The van der Waals surface area contributed by atoms with Crippen molar-refractivity contribution in [3.05, 3.63) is 118 Å². The summed E-state index contributed by atoms with van der Waals surface area (Å²) in [7, 11) is 1.89. The molecule has 1 aromatic heterocycles. The number of alkyl halides is 3. The van der Waals surface area contributed by atoms with E-state index in [1.165, 1.54) is 23.1 Å². The van der Waals surface area contributed by atoms with Gasteiger partial charge in [-0.1, -0.05) is 62.4 Å². The van der Waals surface area contributed by atoms with E-state index in [1.54, 1.807) is 6.08 Å². The fourth-order valence-electron chi connectivity index (χ4n) is 3.73. The fraction of sp³-hybridized carbons (Fsp3) is 0.242. The van der Waals surface area contributed by atoms with Crippen LogP contribution in [0.5, 0.6) is 0 Å². The summed E-state index contributed by atoms with van der Waals surface area (Å²) in [6, 6.07) is 15.4. The lowest BCUT2D eigenvalue weighted by molar-refractivity contribution is -0.137. The summed E-state index contributed by atoms with van der Waals surface area (Å²) in [4.78, 5) is 1.96. The summed E-state index contributed by atoms with van der Waals surface area (Å²) in [5.41, 5.74) is 6.44. The fourth-order valence-corrected chi connectivity index (χ4v) is 4.00. The second-order valence-electron chi connectivity index (χ2n) is 8.70. The highest BCUT2D eigenvalue weighted by Crippen LogP contribution is 2.30. The van der Waals surface area contributed by atoms with Crippen molar-refractivity contribution in [3.8, 4) is 12.8 Å². The van der Waals surface area contributed by atoms with Gasteiger partial charge in [0, 0.05) is 29.7 Å². The predicted octanol–water partition coefficient (Wildman–Crippen LogP) is 9.78. The molecule has 0 saturated carbocycles. The van der Waals surface area contributed by atoms with Gasteiger partial charge >= 0.3 is 6.18 Å². The molecule has 0 spiro atoms. The van der Waals surface area contributed by atoms with Gasteiger partial charge in [0.2, 0.25) is 0 Å². The highest BCUT2D eigenvalue weighted by Gasteiger charge is 2.30. The van der Waals surface area contributed by atoms with Crippen LogP contribution in [0.1, 0.15) is 47.2 Å². The van der Waals surface area contributed by atoms with E-state index in [0.717, 1.165) is 45.6 Å². The molecule has 0 saturated heterocycles. The summed E-state index contributed by atoms with van der Waals surface area (Å²) in [5.74, 6) is 0. The molecule has 0 bridgehead atoms. The zero-order valence-corrected chi connectivity index (χ0v) is 24.7. The van der Waals surface area contributed by atoms with Gasteiger partial charge in [0.05, 0.1) is 17.3 Å². The maximum absolute atomic E-state index is 12.7. The number of terminal acetylenes is 1. The number of nitrogens with one attached hydrogen (secondary N) is 1. The Bertz CT molecular complexity index is 1390. The number of allylic oxidation sites excluding steroid dienone is 2. The Labute approximate surface area is 241 Å². The number of hydrogen-bond donors (Lipinski definition) is 1. The molecule has 4 rings (SSSR count). The number of benzene rings is 3. The van der Waals surface area contributed by atoms with Gasteiger partial charge in [-0.2, -0.15) is 18.3 Å². The number of fused-ring (bicyclic) bond motifs is 1. The van der Waals surface area contributed by atoms with Gasteiger partial charge in [0.25, 0.3) is 0 Å². The molecule has 0 amide bonds. The first kappa shape index (κ1) is 34.1. The Morgan fingerprint density at radius 1 is 1.02 bits per heavy atom. The molecule has 0 aliphatic carbocycles. The van der Waals surface area contributed by atoms with Crippen molar-refractivity contribution in [2.45, 2.75) is 47.3 Å². The summed E-state index contributed by atoms with van der Waals surface area (Å²) < 4.78 is 38.1. The van der Waals surface area contributed by atoms with Gasteiger partial charge in [0.15, 0.2) is 0 Å². The highest BCUT2D eigenvalue weighted by atomic mass is 35.5. The van der Waals surface area contributed by atoms with Crippen LogP contribution in [-0.4, -0.2) is 22.1 Å². The number of nitrogens with zero attached hydrogens (tertiary/aromatic N) is 2. The predicted molar refractivity (Wildman–Crippen MR) is 164 cm³/mol. The molecule has 212 valence electrons. The normalized spacial score (nSPS) is 10.8. The molecule has 0 unspecified atom stereocenters. The maximum atomic E-state index is 12.7. The van der Waals surface area contributed by atoms with E-state index in [-0.39, 0.29) is 0 Å². The van der Waals surface area contributed by atoms with Crippen LogP contribution in [0.2, 0.25) is 5.02 Å². The SMILES string of the molecule is C#C.C=C/C=C(/c1cc(C)c(C)c(Cl)c1)N(C)Cc1ccc(C(F)(F)F)cc1.CC.Cc1ccc2cn[nH]c2c1. The quantitative estimate of drug-likeness (QED) is 0.192. The molecule has 1 N–H and O–H groups in total. The standard InChI is InChI=1S/C21H21ClF3N.C8H8N2.C2H6.C2H2/c1-5-6-20(17-11-14(2)15(3)19(22)12-17)26(4)13-16-7-9-18(10-8-16)21(23,24)25;1-6-2-3-7-5-9-10-8(7)4-6;2*1-2/h5-12H,1,13H2,2-4H3;2-5H,1H3,(H,9,10);1-2H3;1-2H/b20-6-;;;. The van der Waals surface area contributed by atoms with Gasteiger partial charge in [0.1, 0.15) is 0 Å². The van der Waals surface area contributed by atoms with Crippen molar-refractivity contribution < 1.29 is 13.2 Å². The van der Waals surface area contributed by atoms with Crippen LogP contribution in [0, 0.1) is 33.6 Å². The molecule has 1 heterocycles. The number of aromatic nitrogens is 2. The lowest BCUT2D eigenvalue weighted by Gasteiger charge is -2.24. The Kier molecular flexibility index (Phi) is 13.8. The van der Waals surface area contributed by atoms with E-state index in [2.05, 4.69) is 54.7 Å². The molecule has 0 aliphatic rings. The van der Waals surface area contributed by atoms with Gasteiger partial charge in [-0.3, -0.25) is 5.10 Å². The molecule has 4 aromatic rings. The number of halogens is 4. The summed E-state index contributed by atoms with van der Waals surface area (Å²) >= 11 is 6.31. The van der Waals surface area contributed by atoms with Gasteiger partial charge < -0.3 is 4.90 Å². The van der Waals surface area contributed by atoms with Crippen molar-refractivity contribution in [1.29, 1.82) is 0 Å². The van der Waals surface area contributed by atoms with E-state index in [9.17, 15) is 13.2 Å². The Hall–Kier alpha value is -3.95. The van der Waals surface area contributed by atoms with Crippen molar-refractivity contribution in [3.63, 3.8) is 0 Å². The Balaban J connectivity index is 0.000000470. The molecular weight excluding hydrogens is 531 g/mol. The largest absolute Gasteiger partial charge is 0.416 e. The summed E-state index contributed by atoms with van der Waals surface area (Å²) in [5, 5.41) is 8.68. The number of rotatable bonds is 5. The van der Waals surface area contributed by atoms with Crippen LogP contribution in [0.3, 0.4) is 0 Å². The van der Waals surface area contributed by atoms with Crippen LogP contribution in [0.4, 0.5) is 13.2 Å². The van der Waals surface area contributed by atoms with Gasteiger partial charge in [-0.15, -0.1) is 12.8 Å². The van der Waals surface area contributed by atoms with E-state index in [1.807, 2.05) is 64.0 Å². The third-order valence-electron chi connectivity index (χ3n) is 5.89. The van der Waals surface area contributed by atoms with Crippen molar-refractivity contribution in [1.82, 2.24) is 15.1 Å². The van der Waals surface area contributed by atoms with Crippen LogP contribution in [0.25, 0.3) is 16.6 Å². The number of aryl methyl sites for hydroxylation is 2. The van der Waals surface area contributed by atoms with E-state index in [4.69, 9.17) is 11.6 Å². The van der Waals surface area contributed by atoms with Crippen molar-refractivity contribution in [2.24, 2.45) is 0 Å². The molecule has 7 heteroatoms. The average Bonchev–Trinajstić information content (AvgIpc) is 3.40. The Morgan fingerprint density at radius 2 is 1.65 bits per heavy atom. The van der Waals surface area contributed by atoms with Crippen LogP contribution >= 0.6 is 11.6 Å². The zero-order valence-electron chi connectivity index (χ0n) is 23.9. The number of aromatic amines is 1. The molecule has 0 radical (unpaired) electrons. The molecule has 0 fully saturated rings. The highest BCUT2D eigenvalue weighted by molar-refractivity contribution is 6.31. The van der Waals surface area contributed by atoms with E-state index >= 15 is 0 Å². The van der Waals surface area contributed by atoms with Crippen LogP contribution in [0.15, 0.2) is 79.5 Å². The minimum atomic E-state index is -4.32. The first-order valence-electron chi connectivity index (χ1n) is 12.7. The van der Waals surface area contributed by atoms with Crippen molar-refractivity contribution in [2.75, 3.05) is 7.05 Å². The molecule has 0 aliphatic heterocycles. The van der Waals surface area contributed by atoms with Crippen LogP contribution in [-0.2, 0) is 12.7 Å². The zero-order chi connectivity index (χ0) is 30.5. The molecular formula is C33H37ClF3N3. The molecule has 3 aromatic carbocycles. The second kappa shape index (κ2) is 16.2. The molecule has 3 nitrogen and oxygen atoms in total. The second-order valence-corrected chi connectivity index (χ2v) is 9.11. The number of H-pyrrole nitrogens is 1. The maximum Gasteiger partial charge on any atom is 0.416 e. The van der Waals surface area contributed by atoms with Crippen molar-refractivity contribution >= 4 is 28.2 Å². The van der Waals surface area contributed by atoms with Gasteiger partial charge in [-0.05, 0) is 85.0 Å². The Morgan fingerprint density at radius 3 is 2.20 bits per heavy atom. The smallest absolute Gasteiger partial charge is 0.370 e. The minimum absolute atomic E-state index is 0.461. The average molecular weight is 568 g/mol. The lowest BCUT2D eigenvalue weighted by atomic mass is 10.0. The first-order chi connectivity index (χ1) is 19.0. The van der Waals surface area contributed by atoms with Gasteiger partial charge in [-0.25, -0.2) is 0 Å². The number of hydrogen-bond acceptors (Lipinski definition) is 2. The monoisotopic (exact) mass is 567 g/mol. The summed E-state index contributed by atoms with van der Waals surface area (Å²) in [6.45, 7) is 14.2. The van der Waals surface area contributed by atoms with E-state index < -0.39 is 11.7 Å². The third-order valence-corrected chi connectivity index (χ3v) is 6.28. The first-order valence-corrected chi connectivity index (χ1v) is 13.1. The summed E-state index contributed by atoms with van der Waals surface area (Å²) in [6.07, 6.45) is 9.05.